The molecule has 0 aliphatic rings. The van der Waals surface area contributed by atoms with Crippen LogP contribution in [-0.2, 0) is 14.8 Å². The molecule has 0 bridgehead atoms. The average Bonchev–Trinajstić information content (AvgIpc) is 1.78. The van der Waals surface area contributed by atoms with Crippen LogP contribution in [0, 0.1) is 0 Å². The molecule has 0 amide bonds. The number of carbonyl (C=O) groups is 1. The van der Waals surface area contributed by atoms with E-state index >= 15 is 0 Å². The molecular formula is C5H8F3NO4S. The number of carboxylic acids is 1. The number of rotatable bonds is 5. The van der Waals surface area contributed by atoms with Crippen molar-refractivity contribution in [3.63, 3.8) is 0 Å². The van der Waals surface area contributed by atoms with E-state index in [1.165, 1.54) is 4.72 Å². The lowest BCUT2D eigenvalue weighted by atomic mass is 10.4. The van der Waals surface area contributed by atoms with Crippen molar-refractivity contribution in [1.82, 2.24) is 4.72 Å². The van der Waals surface area contributed by atoms with E-state index in [-0.39, 0.29) is 0 Å². The zero-order valence-electron chi connectivity index (χ0n) is 6.84. The molecule has 0 radical (unpaired) electrons. The van der Waals surface area contributed by atoms with Gasteiger partial charge in [0.05, 0.1) is 6.42 Å². The van der Waals surface area contributed by atoms with Crippen LogP contribution in [0.1, 0.15) is 6.42 Å². The van der Waals surface area contributed by atoms with E-state index in [0.717, 1.165) is 0 Å². The molecule has 0 saturated heterocycles. The Labute approximate surface area is 78.0 Å². The van der Waals surface area contributed by atoms with Crippen molar-refractivity contribution in [1.29, 1.82) is 0 Å². The third-order valence-corrected chi connectivity index (χ3v) is 2.31. The Balaban J connectivity index is 3.96. The molecule has 0 unspecified atom stereocenters. The maximum atomic E-state index is 11.5. The first kappa shape index (κ1) is 13.2. The third kappa shape index (κ3) is 7.80. The largest absolute Gasteiger partial charge is 0.480 e. The highest BCUT2D eigenvalue weighted by Gasteiger charge is 2.27. The van der Waals surface area contributed by atoms with Gasteiger partial charge in [-0.25, -0.2) is 13.1 Å². The molecular weight excluding hydrogens is 227 g/mol. The number of sulfonamides is 1. The predicted molar refractivity (Wildman–Crippen MR) is 40.1 cm³/mol. The van der Waals surface area contributed by atoms with Crippen LogP contribution in [0.15, 0.2) is 0 Å². The first-order valence-corrected chi connectivity index (χ1v) is 5.03. The molecule has 2 N–H and O–H groups in total. The molecule has 0 aromatic carbocycles. The topological polar surface area (TPSA) is 83.5 Å². The molecule has 0 aliphatic carbocycles. The number of carboxylic acid groups (broad SMARTS) is 1. The first-order chi connectivity index (χ1) is 6.12. The minimum atomic E-state index is -4.47. The molecule has 14 heavy (non-hydrogen) atoms. The van der Waals surface area contributed by atoms with Crippen molar-refractivity contribution in [2.75, 3.05) is 12.3 Å². The first-order valence-electron chi connectivity index (χ1n) is 3.38. The van der Waals surface area contributed by atoms with Crippen LogP contribution in [0.25, 0.3) is 0 Å². The molecule has 0 fully saturated rings. The maximum absolute atomic E-state index is 11.5. The molecule has 5 nitrogen and oxygen atoms in total. The molecule has 9 heteroatoms. The van der Waals surface area contributed by atoms with Gasteiger partial charge in [0.2, 0.25) is 10.0 Å². The summed E-state index contributed by atoms with van der Waals surface area (Å²) in [5.41, 5.74) is 0. The Morgan fingerprint density at radius 3 is 2.21 bits per heavy atom. The molecule has 0 heterocycles. The van der Waals surface area contributed by atoms with Crippen molar-refractivity contribution < 1.29 is 31.5 Å². The lowest BCUT2D eigenvalue weighted by Crippen LogP contribution is -2.32. The second-order valence-electron chi connectivity index (χ2n) is 2.41. The molecule has 0 aromatic heterocycles. The Bertz CT molecular complexity index is 297. The van der Waals surface area contributed by atoms with Crippen LogP contribution in [0.4, 0.5) is 13.2 Å². The van der Waals surface area contributed by atoms with Gasteiger partial charge in [-0.2, -0.15) is 13.2 Å². The van der Waals surface area contributed by atoms with Gasteiger partial charge in [-0.15, -0.1) is 0 Å². The summed E-state index contributed by atoms with van der Waals surface area (Å²) >= 11 is 0. The average molecular weight is 235 g/mol. The van der Waals surface area contributed by atoms with Crippen LogP contribution in [-0.4, -0.2) is 38.0 Å². The number of alkyl halides is 3. The van der Waals surface area contributed by atoms with Crippen LogP contribution in [0.2, 0.25) is 0 Å². The summed E-state index contributed by atoms with van der Waals surface area (Å²) in [6.45, 7) is -0.848. The number of aliphatic carboxylic acids is 1. The standard InChI is InChI=1S/C5H8F3NO4S/c6-5(7,8)1-2-9-14(12,13)3-4(10)11/h9H,1-3H2,(H,10,11). The van der Waals surface area contributed by atoms with Gasteiger partial charge < -0.3 is 5.11 Å². The van der Waals surface area contributed by atoms with Gasteiger partial charge in [-0.1, -0.05) is 0 Å². The molecule has 0 aromatic rings. The maximum Gasteiger partial charge on any atom is 0.390 e. The lowest BCUT2D eigenvalue weighted by Gasteiger charge is -2.06. The second-order valence-corrected chi connectivity index (χ2v) is 4.22. The molecule has 0 aliphatic heterocycles. The van der Waals surface area contributed by atoms with E-state index in [9.17, 15) is 26.4 Å². The Kier molecular flexibility index (Phi) is 4.33. The second kappa shape index (κ2) is 4.60. The van der Waals surface area contributed by atoms with Gasteiger partial charge in [0.25, 0.3) is 0 Å². The fourth-order valence-electron chi connectivity index (χ4n) is 0.562. The monoisotopic (exact) mass is 235 g/mol. The summed E-state index contributed by atoms with van der Waals surface area (Å²) in [6.07, 6.45) is -5.79. The van der Waals surface area contributed by atoms with Crippen LogP contribution < -0.4 is 4.72 Å². The summed E-state index contributed by atoms with van der Waals surface area (Å²) in [5.74, 6) is -2.85. The van der Waals surface area contributed by atoms with Gasteiger partial charge in [-0.3, -0.25) is 4.79 Å². The van der Waals surface area contributed by atoms with Crippen molar-refractivity contribution in [3.05, 3.63) is 0 Å². The number of hydrogen-bond acceptors (Lipinski definition) is 3. The van der Waals surface area contributed by atoms with E-state index in [2.05, 4.69) is 0 Å². The molecule has 84 valence electrons. The highest BCUT2D eigenvalue weighted by molar-refractivity contribution is 7.90. The highest BCUT2D eigenvalue weighted by Crippen LogP contribution is 2.18. The fourth-order valence-corrected chi connectivity index (χ4v) is 1.40. The Hall–Kier alpha value is -0.830. The molecule has 0 saturated carbocycles. The lowest BCUT2D eigenvalue weighted by molar-refractivity contribution is -0.134. The third-order valence-electron chi connectivity index (χ3n) is 1.04. The normalized spacial score (nSPS) is 12.8. The fraction of sp³-hybridized carbons (Fsp3) is 0.800. The van der Waals surface area contributed by atoms with E-state index in [0.29, 0.717) is 0 Å². The van der Waals surface area contributed by atoms with Crippen LogP contribution in [0.5, 0.6) is 0 Å². The minimum Gasteiger partial charge on any atom is -0.480 e. The quantitative estimate of drug-likeness (QED) is 0.699. The van der Waals surface area contributed by atoms with Gasteiger partial charge in [-0.05, 0) is 0 Å². The summed E-state index contributed by atoms with van der Waals surface area (Å²) < 4.78 is 57.5. The van der Waals surface area contributed by atoms with Gasteiger partial charge in [0.15, 0.2) is 5.75 Å². The summed E-state index contributed by atoms with van der Waals surface area (Å²) in [5, 5.41) is 8.07. The Morgan fingerprint density at radius 1 is 1.36 bits per heavy atom. The van der Waals surface area contributed by atoms with Gasteiger partial charge in [0, 0.05) is 6.54 Å². The van der Waals surface area contributed by atoms with Gasteiger partial charge >= 0.3 is 12.1 Å². The summed E-state index contributed by atoms with van der Waals surface area (Å²) in [4.78, 5) is 9.93. The highest BCUT2D eigenvalue weighted by atomic mass is 32.2. The predicted octanol–water partition coefficient (Wildman–Crippen LogP) is -0.0572. The van der Waals surface area contributed by atoms with E-state index in [1.54, 1.807) is 0 Å². The van der Waals surface area contributed by atoms with Crippen LogP contribution >= 0.6 is 0 Å². The van der Waals surface area contributed by atoms with E-state index in [1.807, 2.05) is 0 Å². The molecule has 0 spiro atoms. The van der Waals surface area contributed by atoms with Crippen molar-refractivity contribution in [2.45, 2.75) is 12.6 Å². The zero-order valence-corrected chi connectivity index (χ0v) is 7.65. The number of hydrogen-bond donors (Lipinski definition) is 2. The zero-order chi connectivity index (χ0) is 11.4. The van der Waals surface area contributed by atoms with Crippen LogP contribution in [0.3, 0.4) is 0 Å². The smallest absolute Gasteiger partial charge is 0.390 e. The molecule has 0 rings (SSSR count). The number of nitrogens with one attached hydrogen (secondary N) is 1. The Morgan fingerprint density at radius 2 is 1.86 bits per heavy atom. The minimum absolute atomic E-state index is 0.848. The molecule has 0 atom stereocenters. The van der Waals surface area contributed by atoms with E-state index < -0.39 is 40.9 Å². The van der Waals surface area contributed by atoms with Crippen molar-refractivity contribution in [2.24, 2.45) is 0 Å². The van der Waals surface area contributed by atoms with Crippen molar-refractivity contribution in [3.8, 4) is 0 Å². The van der Waals surface area contributed by atoms with Crippen molar-refractivity contribution >= 4 is 16.0 Å². The van der Waals surface area contributed by atoms with E-state index in [4.69, 9.17) is 5.11 Å². The summed E-state index contributed by atoms with van der Waals surface area (Å²) in [6, 6.07) is 0. The SMILES string of the molecule is O=C(O)CS(=O)(=O)NCCC(F)(F)F. The summed E-state index contributed by atoms with van der Waals surface area (Å²) in [7, 11) is -4.15. The van der Waals surface area contributed by atoms with Gasteiger partial charge in [0.1, 0.15) is 0 Å². The number of halogens is 3.